The van der Waals surface area contributed by atoms with Crippen LogP contribution < -0.4 is 5.32 Å². The lowest BCUT2D eigenvalue weighted by Gasteiger charge is -2.07. The number of hydrogen-bond donors (Lipinski definition) is 2. The fourth-order valence-electron chi connectivity index (χ4n) is 1.29. The second-order valence-corrected chi connectivity index (χ2v) is 2.81. The zero-order chi connectivity index (χ0) is 9.68. The Morgan fingerprint density at radius 3 is 2.92 bits per heavy atom. The van der Waals surface area contributed by atoms with E-state index in [0.717, 1.165) is 30.7 Å². The van der Waals surface area contributed by atoms with Gasteiger partial charge in [0.2, 0.25) is 5.90 Å². The molecule has 0 radical (unpaired) electrons. The smallest absolute Gasteiger partial charge is 0.216 e. The zero-order valence-corrected chi connectivity index (χ0v) is 8.05. The van der Waals surface area contributed by atoms with E-state index in [2.05, 4.69) is 10.3 Å². The minimum Gasteiger partial charge on any atom is -0.481 e. The maximum absolute atomic E-state index is 7.55. The number of aliphatic imine (C=N–C) groups is 1. The van der Waals surface area contributed by atoms with Gasteiger partial charge in [-0.3, -0.25) is 10.4 Å². The van der Waals surface area contributed by atoms with Gasteiger partial charge in [0, 0.05) is 25.5 Å². The Morgan fingerprint density at radius 1 is 1.69 bits per heavy atom. The summed E-state index contributed by atoms with van der Waals surface area (Å²) in [6.45, 7) is 0.868. The average molecular weight is 181 g/mol. The van der Waals surface area contributed by atoms with Crippen LogP contribution in [-0.4, -0.2) is 32.3 Å². The molecule has 2 N–H and O–H groups in total. The number of rotatable bonds is 3. The summed E-state index contributed by atoms with van der Waals surface area (Å²) in [5, 5.41) is 10.4. The molecule has 1 aliphatic rings. The largest absolute Gasteiger partial charge is 0.481 e. The van der Waals surface area contributed by atoms with Crippen LogP contribution in [0.1, 0.15) is 12.8 Å². The van der Waals surface area contributed by atoms with Crippen LogP contribution in [0.2, 0.25) is 0 Å². The molecule has 4 heteroatoms. The fraction of sp³-hybridized carbons (Fsp3) is 0.556. The molecule has 4 nitrogen and oxygen atoms in total. The summed E-state index contributed by atoms with van der Waals surface area (Å²) in [6.07, 6.45) is 3.78. The highest BCUT2D eigenvalue weighted by molar-refractivity contribution is 6.21. The van der Waals surface area contributed by atoms with Crippen LogP contribution in [0.3, 0.4) is 0 Å². The van der Waals surface area contributed by atoms with Gasteiger partial charge < -0.3 is 10.1 Å². The first-order chi connectivity index (χ1) is 6.29. The molecule has 0 bridgehead atoms. The van der Waals surface area contributed by atoms with Gasteiger partial charge in [0.25, 0.3) is 0 Å². The second kappa shape index (κ2) is 4.64. The van der Waals surface area contributed by atoms with Gasteiger partial charge in [-0.2, -0.15) is 0 Å². The summed E-state index contributed by atoms with van der Waals surface area (Å²) >= 11 is 0. The molecule has 0 fully saturated rings. The van der Waals surface area contributed by atoms with Crippen molar-refractivity contribution < 1.29 is 4.74 Å². The molecule has 1 heterocycles. The van der Waals surface area contributed by atoms with E-state index in [1.807, 2.05) is 0 Å². The maximum Gasteiger partial charge on any atom is 0.216 e. The van der Waals surface area contributed by atoms with Crippen molar-refractivity contribution in [3.63, 3.8) is 0 Å². The molecule has 0 aromatic rings. The van der Waals surface area contributed by atoms with Gasteiger partial charge in [-0.15, -0.1) is 0 Å². The molecule has 72 valence electrons. The van der Waals surface area contributed by atoms with E-state index in [-0.39, 0.29) is 5.90 Å². The molecule has 0 aromatic carbocycles. The van der Waals surface area contributed by atoms with Gasteiger partial charge in [-0.1, -0.05) is 0 Å². The molecular formula is C9H15N3O. The average Bonchev–Trinajstić information content (AvgIpc) is 2.65. The maximum atomic E-state index is 7.55. The standard InChI is InChI=1S/C9H15N3O/c1-11-6-7(9(10)13-2)8-4-3-5-12-8/h6,10-11H,3-5H2,1-2H3/b7-6-,10-9?. The molecule has 13 heavy (non-hydrogen) atoms. The number of nitrogens with one attached hydrogen (secondary N) is 2. The van der Waals surface area contributed by atoms with Crippen molar-refractivity contribution in [2.75, 3.05) is 20.7 Å². The second-order valence-electron chi connectivity index (χ2n) is 2.81. The molecule has 0 aromatic heterocycles. The first kappa shape index (κ1) is 9.77. The van der Waals surface area contributed by atoms with Gasteiger partial charge in [-0.05, 0) is 12.8 Å². The van der Waals surface area contributed by atoms with Crippen LogP contribution >= 0.6 is 0 Å². The van der Waals surface area contributed by atoms with Crippen molar-refractivity contribution in [1.82, 2.24) is 5.32 Å². The SMILES string of the molecule is CN/C=C(\C(=N)OC)C1=NCCC1. The van der Waals surface area contributed by atoms with Crippen LogP contribution in [0.5, 0.6) is 0 Å². The Bertz CT molecular complexity index is 256. The predicted octanol–water partition coefficient (Wildman–Crippen LogP) is 0.948. The molecule has 0 unspecified atom stereocenters. The quantitative estimate of drug-likeness (QED) is 0.503. The highest BCUT2D eigenvalue weighted by atomic mass is 16.5. The van der Waals surface area contributed by atoms with E-state index in [1.54, 1.807) is 13.2 Å². The van der Waals surface area contributed by atoms with Gasteiger partial charge in [0.05, 0.1) is 12.7 Å². The Morgan fingerprint density at radius 2 is 2.46 bits per heavy atom. The van der Waals surface area contributed by atoms with E-state index in [0.29, 0.717) is 0 Å². The molecule has 1 aliphatic heterocycles. The Hall–Kier alpha value is -1.32. The summed E-state index contributed by atoms with van der Waals surface area (Å²) < 4.78 is 4.87. The number of methoxy groups -OCH3 is 1. The van der Waals surface area contributed by atoms with E-state index in [1.165, 1.54) is 7.11 Å². The normalized spacial score (nSPS) is 16.8. The van der Waals surface area contributed by atoms with Gasteiger partial charge in [0.15, 0.2) is 0 Å². The molecule has 1 rings (SSSR count). The lowest BCUT2D eigenvalue weighted by atomic mass is 10.1. The minimum absolute atomic E-state index is 0.176. The van der Waals surface area contributed by atoms with Crippen LogP contribution in [0.4, 0.5) is 0 Å². The highest BCUT2D eigenvalue weighted by Crippen LogP contribution is 2.12. The van der Waals surface area contributed by atoms with Crippen molar-refractivity contribution in [3.05, 3.63) is 11.8 Å². The number of ether oxygens (including phenoxy) is 1. The summed E-state index contributed by atoms with van der Waals surface area (Å²) in [5.41, 5.74) is 1.74. The van der Waals surface area contributed by atoms with Crippen LogP contribution in [0, 0.1) is 5.41 Å². The molecule has 0 aliphatic carbocycles. The lowest BCUT2D eigenvalue weighted by Crippen LogP contribution is -2.15. The molecule has 0 atom stereocenters. The van der Waals surface area contributed by atoms with Crippen LogP contribution in [-0.2, 0) is 4.74 Å². The van der Waals surface area contributed by atoms with Gasteiger partial charge in [0.1, 0.15) is 0 Å². The van der Waals surface area contributed by atoms with Crippen LogP contribution in [0.15, 0.2) is 16.8 Å². The molecular weight excluding hydrogens is 166 g/mol. The molecule has 0 amide bonds. The first-order valence-electron chi connectivity index (χ1n) is 4.33. The third-order valence-corrected chi connectivity index (χ3v) is 1.92. The monoisotopic (exact) mass is 181 g/mol. The minimum atomic E-state index is 0.176. The number of hydrogen-bond acceptors (Lipinski definition) is 4. The Balaban J connectivity index is 2.79. The van der Waals surface area contributed by atoms with Crippen LogP contribution in [0.25, 0.3) is 0 Å². The summed E-state index contributed by atoms with van der Waals surface area (Å²) in [7, 11) is 3.31. The van der Waals surface area contributed by atoms with Gasteiger partial charge in [-0.25, -0.2) is 0 Å². The topological polar surface area (TPSA) is 57.5 Å². The van der Waals surface area contributed by atoms with Gasteiger partial charge >= 0.3 is 0 Å². The predicted molar refractivity (Wildman–Crippen MR) is 53.4 cm³/mol. The van der Waals surface area contributed by atoms with E-state index in [4.69, 9.17) is 10.1 Å². The summed E-state index contributed by atoms with van der Waals surface area (Å²) in [4.78, 5) is 4.31. The van der Waals surface area contributed by atoms with Crippen molar-refractivity contribution in [3.8, 4) is 0 Å². The first-order valence-corrected chi connectivity index (χ1v) is 4.33. The van der Waals surface area contributed by atoms with Crippen molar-refractivity contribution in [2.45, 2.75) is 12.8 Å². The van der Waals surface area contributed by atoms with Crippen molar-refractivity contribution >= 4 is 11.6 Å². The van der Waals surface area contributed by atoms with E-state index >= 15 is 0 Å². The van der Waals surface area contributed by atoms with Crippen molar-refractivity contribution in [2.24, 2.45) is 4.99 Å². The Kier molecular flexibility index (Phi) is 3.49. The highest BCUT2D eigenvalue weighted by Gasteiger charge is 2.15. The zero-order valence-electron chi connectivity index (χ0n) is 8.05. The third kappa shape index (κ3) is 2.31. The Labute approximate surface area is 78.2 Å². The third-order valence-electron chi connectivity index (χ3n) is 1.92. The van der Waals surface area contributed by atoms with E-state index in [9.17, 15) is 0 Å². The lowest BCUT2D eigenvalue weighted by molar-refractivity contribution is 0.401. The summed E-state index contributed by atoms with van der Waals surface area (Å²) in [6, 6.07) is 0. The molecule has 0 spiro atoms. The van der Waals surface area contributed by atoms with E-state index < -0.39 is 0 Å². The fourth-order valence-corrected chi connectivity index (χ4v) is 1.29. The summed E-state index contributed by atoms with van der Waals surface area (Å²) in [5.74, 6) is 0.176. The molecule has 0 saturated carbocycles. The molecule has 0 saturated heterocycles. The number of nitrogens with zero attached hydrogens (tertiary/aromatic N) is 1. The van der Waals surface area contributed by atoms with Crippen molar-refractivity contribution in [1.29, 1.82) is 5.41 Å².